The van der Waals surface area contributed by atoms with Gasteiger partial charge in [0.25, 0.3) is 0 Å². The van der Waals surface area contributed by atoms with Crippen molar-refractivity contribution in [2.45, 2.75) is 64.5 Å². The van der Waals surface area contributed by atoms with Crippen molar-refractivity contribution < 1.29 is 9.53 Å². The van der Waals surface area contributed by atoms with Crippen molar-refractivity contribution in [3.63, 3.8) is 0 Å². The molecular weight excluding hydrogens is 228 g/mol. The average molecular weight is 256 g/mol. The Hall–Kier alpha value is -0.610. The summed E-state index contributed by atoms with van der Waals surface area (Å²) in [7, 11) is 0. The van der Waals surface area contributed by atoms with Gasteiger partial charge in [0, 0.05) is 13.1 Å². The van der Waals surface area contributed by atoms with Gasteiger partial charge in [-0.25, -0.2) is 0 Å². The molecule has 0 aromatic rings. The van der Waals surface area contributed by atoms with E-state index in [1.54, 1.807) is 0 Å². The largest absolute Gasteiger partial charge is 0.377 e. The third kappa shape index (κ3) is 6.36. The van der Waals surface area contributed by atoms with Gasteiger partial charge in [0.2, 0.25) is 5.91 Å². The Morgan fingerprint density at radius 2 is 2.00 bits per heavy atom. The molecule has 1 aliphatic rings. The summed E-state index contributed by atoms with van der Waals surface area (Å²) in [6.45, 7) is 6.15. The van der Waals surface area contributed by atoms with E-state index in [1.165, 1.54) is 32.1 Å². The van der Waals surface area contributed by atoms with Crippen molar-refractivity contribution in [2.75, 3.05) is 19.7 Å². The van der Waals surface area contributed by atoms with Crippen LogP contribution in [-0.4, -0.2) is 37.7 Å². The Kier molecular flexibility index (Phi) is 8.01. The van der Waals surface area contributed by atoms with E-state index < -0.39 is 0 Å². The highest BCUT2D eigenvalue weighted by Gasteiger charge is 2.14. The van der Waals surface area contributed by atoms with Crippen LogP contribution >= 0.6 is 0 Å². The first-order valence-corrected chi connectivity index (χ1v) is 7.36. The maximum Gasteiger partial charge on any atom is 0.236 e. The molecule has 4 heteroatoms. The molecule has 1 fully saturated rings. The van der Waals surface area contributed by atoms with E-state index in [0.29, 0.717) is 12.7 Å². The van der Waals surface area contributed by atoms with E-state index in [4.69, 9.17) is 4.74 Å². The topological polar surface area (TPSA) is 50.4 Å². The second-order valence-electron chi connectivity index (χ2n) is 5.10. The minimum atomic E-state index is -0.133. The third-order valence-electron chi connectivity index (χ3n) is 3.40. The molecule has 1 aliphatic carbocycles. The number of ether oxygens (including phenoxy) is 1. The predicted molar refractivity (Wildman–Crippen MR) is 73.6 cm³/mol. The maximum absolute atomic E-state index is 11.6. The highest BCUT2D eigenvalue weighted by Crippen LogP contribution is 2.19. The fourth-order valence-corrected chi connectivity index (χ4v) is 2.23. The fraction of sp³-hybridized carbons (Fsp3) is 0.929. The van der Waals surface area contributed by atoms with Crippen LogP contribution in [0.5, 0.6) is 0 Å². The Balaban J connectivity index is 2.00. The highest BCUT2D eigenvalue weighted by atomic mass is 16.5. The highest BCUT2D eigenvalue weighted by molar-refractivity contribution is 5.81. The Bertz CT molecular complexity index is 228. The Morgan fingerprint density at radius 3 is 2.67 bits per heavy atom. The number of carbonyl (C=O) groups is 1. The van der Waals surface area contributed by atoms with Crippen molar-refractivity contribution in [3.8, 4) is 0 Å². The molecule has 106 valence electrons. The van der Waals surface area contributed by atoms with Gasteiger partial charge in [0.1, 0.15) is 0 Å². The first-order chi connectivity index (χ1) is 8.74. The molecule has 1 unspecified atom stereocenters. The van der Waals surface area contributed by atoms with Gasteiger partial charge < -0.3 is 15.4 Å². The second kappa shape index (κ2) is 9.34. The zero-order chi connectivity index (χ0) is 13.2. The van der Waals surface area contributed by atoms with Gasteiger partial charge in [-0.3, -0.25) is 4.79 Å². The summed E-state index contributed by atoms with van der Waals surface area (Å²) < 4.78 is 5.80. The zero-order valence-electron chi connectivity index (χ0n) is 11.8. The van der Waals surface area contributed by atoms with Crippen LogP contribution in [0, 0.1) is 0 Å². The monoisotopic (exact) mass is 256 g/mol. The first-order valence-electron chi connectivity index (χ1n) is 7.36. The van der Waals surface area contributed by atoms with Gasteiger partial charge in [-0.05, 0) is 26.2 Å². The van der Waals surface area contributed by atoms with E-state index in [1.807, 2.05) is 6.92 Å². The summed E-state index contributed by atoms with van der Waals surface area (Å²) in [6, 6.07) is -0.133. The predicted octanol–water partition coefficient (Wildman–Crippen LogP) is 1.84. The molecule has 0 aromatic carbocycles. The number of nitrogens with one attached hydrogen (secondary N) is 2. The van der Waals surface area contributed by atoms with Gasteiger partial charge >= 0.3 is 0 Å². The molecule has 0 aliphatic heterocycles. The summed E-state index contributed by atoms with van der Waals surface area (Å²) in [5.74, 6) is 0.0783. The first kappa shape index (κ1) is 15.4. The van der Waals surface area contributed by atoms with Crippen LogP contribution in [-0.2, 0) is 9.53 Å². The molecule has 1 atom stereocenters. The molecule has 2 N–H and O–H groups in total. The molecule has 0 radical (unpaired) electrons. The number of carbonyl (C=O) groups excluding carboxylic acids is 1. The Labute approximate surface area is 111 Å². The van der Waals surface area contributed by atoms with Gasteiger partial charge in [0.15, 0.2) is 0 Å². The molecule has 0 heterocycles. The SMILES string of the molecule is CCCNC(=O)C(C)NCCOC1CCCCC1. The van der Waals surface area contributed by atoms with Crippen LogP contribution in [0.1, 0.15) is 52.4 Å². The van der Waals surface area contributed by atoms with Crippen molar-refractivity contribution in [2.24, 2.45) is 0 Å². The van der Waals surface area contributed by atoms with Crippen LogP contribution < -0.4 is 10.6 Å². The number of rotatable bonds is 8. The summed E-state index contributed by atoms with van der Waals surface area (Å²) >= 11 is 0. The standard InChI is InChI=1S/C14H28N2O2/c1-3-9-16-14(17)12(2)15-10-11-18-13-7-5-4-6-8-13/h12-13,15H,3-11H2,1-2H3,(H,16,17). The summed E-state index contributed by atoms with van der Waals surface area (Å²) in [5, 5.41) is 6.07. The van der Waals surface area contributed by atoms with Crippen molar-refractivity contribution in [1.82, 2.24) is 10.6 Å². The lowest BCUT2D eigenvalue weighted by Crippen LogP contribution is -2.43. The lowest BCUT2D eigenvalue weighted by Gasteiger charge is -2.22. The smallest absolute Gasteiger partial charge is 0.236 e. The van der Waals surface area contributed by atoms with Crippen LogP contribution in [0.15, 0.2) is 0 Å². The second-order valence-corrected chi connectivity index (χ2v) is 5.10. The van der Waals surface area contributed by atoms with Gasteiger partial charge in [-0.15, -0.1) is 0 Å². The van der Waals surface area contributed by atoms with E-state index in [9.17, 15) is 4.79 Å². The molecule has 0 bridgehead atoms. The lowest BCUT2D eigenvalue weighted by molar-refractivity contribution is -0.122. The van der Waals surface area contributed by atoms with Crippen molar-refractivity contribution >= 4 is 5.91 Å². The molecule has 1 rings (SSSR count). The lowest BCUT2D eigenvalue weighted by atomic mass is 9.98. The molecule has 0 saturated heterocycles. The minimum Gasteiger partial charge on any atom is -0.377 e. The summed E-state index contributed by atoms with van der Waals surface area (Å²) in [6.07, 6.45) is 7.78. The number of hydrogen-bond acceptors (Lipinski definition) is 3. The van der Waals surface area contributed by atoms with Crippen LogP contribution in [0.3, 0.4) is 0 Å². The Morgan fingerprint density at radius 1 is 1.28 bits per heavy atom. The van der Waals surface area contributed by atoms with Crippen LogP contribution in [0.2, 0.25) is 0 Å². The number of amides is 1. The van der Waals surface area contributed by atoms with Gasteiger partial charge in [0.05, 0.1) is 18.8 Å². The van der Waals surface area contributed by atoms with Gasteiger partial charge in [-0.1, -0.05) is 26.2 Å². The van der Waals surface area contributed by atoms with Crippen LogP contribution in [0.25, 0.3) is 0 Å². The minimum absolute atomic E-state index is 0.0783. The number of hydrogen-bond donors (Lipinski definition) is 2. The molecule has 1 saturated carbocycles. The van der Waals surface area contributed by atoms with E-state index in [0.717, 1.165) is 19.5 Å². The van der Waals surface area contributed by atoms with Crippen molar-refractivity contribution in [3.05, 3.63) is 0 Å². The third-order valence-corrected chi connectivity index (χ3v) is 3.40. The van der Waals surface area contributed by atoms with Crippen LogP contribution in [0.4, 0.5) is 0 Å². The molecule has 18 heavy (non-hydrogen) atoms. The van der Waals surface area contributed by atoms with E-state index in [2.05, 4.69) is 17.6 Å². The van der Waals surface area contributed by atoms with E-state index >= 15 is 0 Å². The van der Waals surface area contributed by atoms with E-state index in [-0.39, 0.29) is 11.9 Å². The molecule has 4 nitrogen and oxygen atoms in total. The molecule has 0 aromatic heterocycles. The van der Waals surface area contributed by atoms with Crippen molar-refractivity contribution in [1.29, 1.82) is 0 Å². The molecule has 0 spiro atoms. The quantitative estimate of drug-likeness (QED) is 0.652. The summed E-state index contributed by atoms with van der Waals surface area (Å²) in [4.78, 5) is 11.6. The molecular formula is C14H28N2O2. The van der Waals surface area contributed by atoms with Gasteiger partial charge in [-0.2, -0.15) is 0 Å². The average Bonchev–Trinajstić information content (AvgIpc) is 2.41. The maximum atomic E-state index is 11.6. The normalized spacial score (nSPS) is 18.6. The fourth-order valence-electron chi connectivity index (χ4n) is 2.23. The summed E-state index contributed by atoms with van der Waals surface area (Å²) in [5.41, 5.74) is 0. The molecule has 1 amide bonds. The zero-order valence-corrected chi connectivity index (χ0v) is 11.8.